The van der Waals surface area contributed by atoms with Gasteiger partial charge in [-0.1, -0.05) is 23.4 Å². The fourth-order valence-electron chi connectivity index (χ4n) is 2.46. The fraction of sp³-hybridized carbons (Fsp3) is 0.222. The molecule has 130 valence electrons. The Balaban J connectivity index is 1.78. The van der Waals surface area contributed by atoms with E-state index >= 15 is 0 Å². The summed E-state index contributed by atoms with van der Waals surface area (Å²) in [6, 6.07) is 12.2. The smallest absolute Gasteiger partial charge is 0.238 e. The first-order valence-corrected chi connectivity index (χ1v) is 9.01. The van der Waals surface area contributed by atoms with Crippen molar-refractivity contribution < 1.29 is 13.7 Å². The van der Waals surface area contributed by atoms with Gasteiger partial charge in [0, 0.05) is 21.4 Å². The molecule has 2 heterocycles. The highest BCUT2D eigenvalue weighted by Gasteiger charge is 2.17. The van der Waals surface area contributed by atoms with E-state index in [0.29, 0.717) is 30.1 Å². The molecule has 0 N–H and O–H groups in total. The Bertz CT molecular complexity index is 877. The van der Waals surface area contributed by atoms with E-state index < -0.39 is 0 Å². The summed E-state index contributed by atoms with van der Waals surface area (Å²) in [5.41, 5.74) is 1.22. The minimum atomic E-state index is -0.261. The van der Waals surface area contributed by atoms with Crippen LogP contribution in [0.4, 0.5) is 4.39 Å². The van der Waals surface area contributed by atoms with Gasteiger partial charge in [-0.3, -0.25) is 4.79 Å². The second-order valence-electron chi connectivity index (χ2n) is 5.56. The Hall–Kier alpha value is -2.18. The number of hydrogen-bond donors (Lipinski definition) is 0. The Morgan fingerprint density at radius 3 is 2.76 bits per heavy atom. The number of aryl methyl sites for hydroxylation is 1. The molecule has 0 fully saturated rings. The van der Waals surface area contributed by atoms with Gasteiger partial charge in [-0.15, -0.1) is 22.9 Å². The van der Waals surface area contributed by atoms with Gasteiger partial charge in [0.2, 0.25) is 5.91 Å². The lowest BCUT2D eigenvalue weighted by Gasteiger charge is -2.19. The lowest BCUT2D eigenvalue weighted by molar-refractivity contribution is -0.129. The van der Waals surface area contributed by atoms with Gasteiger partial charge in [0.05, 0.1) is 13.1 Å². The number of aromatic nitrogens is 1. The standard InChI is InChI=1S/C18H16ClFN2O2S/c1-12-8-13(21-24-12)10-22(18(23)9-19)11-14-6-7-17(25-14)15-4-2-3-5-16(15)20/h2-8H,9-11H2,1H3. The highest BCUT2D eigenvalue weighted by atomic mass is 35.5. The molecule has 1 aromatic carbocycles. The summed E-state index contributed by atoms with van der Waals surface area (Å²) in [7, 11) is 0. The molecular formula is C18H16ClFN2O2S. The van der Waals surface area contributed by atoms with Crippen molar-refractivity contribution in [1.82, 2.24) is 10.1 Å². The van der Waals surface area contributed by atoms with Gasteiger partial charge in [-0.2, -0.15) is 0 Å². The van der Waals surface area contributed by atoms with Crippen molar-refractivity contribution in [2.45, 2.75) is 20.0 Å². The van der Waals surface area contributed by atoms with Gasteiger partial charge in [0.1, 0.15) is 23.2 Å². The molecule has 7 heteroatoms. The van der Waals surface area contributed by atoms with Crippen molar-refractivity contribution in [3.05, 3.63) is 64.6 Å². The molecule has 3 rings (SSSR count). The second-order valence-corrected chi connectivity index (χ2v) is 6.99. The first-order chi connectivity index (χ1) is 12.1. The number of hydrogen-bond acceptors (Lipinski definition) is 4. The predicted molar refractivity (Wildman–Crippen MR) is 95.9 cm³/mol. The van der Waals surface area contributed by atoms with Gasteiger partial charge in [0.15, 0.2) is 0 Å². The molecule has 3 aromatic rings. The first kappa shape index (κ1) is 17.6. The van der Waals surface area contributed by atoms with Gasteiger partial charge in [-0.25, -0.2) is 4.39 Å². The van der Waals surface area contributed by atoms with E-state index in [9.17, 15) is 9.18 Å². The molecule has 0 spiro atoms. The molecule has 0 saturated carbocycles. The molecular weight excluding hydrogens is 363 g/mol. The quantitative estimate of drug-likeness (QED) is 0.588. The van der Waals surface area contributed by atoms with E-state index in [-0.39, 0.29) is 17.6 Å². The Kier molecular flexibility index (Phi) is 5.50. The topological polar surface area (TPSA) is 46.3 Å². The van der Waals surface area contributed by atoms with E-state index in [0.717, 1.165) is 9.75 Å². The number of halogens is 2. The molecule has 0 unspecified atom stereocenters. The third kappa shape index (κ3) is 4.27. The molecule has 0 aliphatic carbocycles. The Labute approximate surface area is 153 Å². The van der Waals surface area contributed by atoms with Gasteiger partial charge < -0.3 is 9.42 Å². The maximum absolute atomic E-state index is 13.9. The maximum atomic E-state index is 13.9. The number of nitrogens with zero attached hydrogens (tertiary/aromatic N) is 2. The Morgan fingerprint density at radius 1 is 1.28 bits per heavy atom. The number of benzene rings is 1. The summed E-state index contributed by atoms with van der Waals surface area (Å²) in [4.78, 5) is 15.5. The van der Waals surface area contributed by atoms with Crippen LogP contribution in [0, 0.1) is 12.7 Å². The van der Waals surface area contributed by atoms with Crippen molar-refractivity contribution in [1.29, 1.82) is 0 Å². The number of rotatable bonds is 6. The van der Waals surface area contributed by atoms with Gasteiger partial charge in [-0.05, 0) is 25.1 Å². The van der Waals surface area contributed by atoms with Crippen molar-refractivity contribution >= 4 is 28.8 Å². The average Bonchev–Trinajstić information content (AvgIpc) is 3.23. The van der Waals surface area contributed by atoms with Gasteiger partial charge >= 0.3 is 0 Å². The maximum Gasteiger partial charge on any atom is 0.238 e. The molecule has 0 aliphatic rings. The molecule has 2 aromatic heterocycles. The molecule has 0 bridgehead atoms. The van der Waals surface area contributed by atoms with E-state index in [1.165, 1.54) is 17.4 Å². The highest BCUT2D eigenvalue weighted by molar-refractivity contribution is 7.15. The van der Waals surface area contributed by atoms with Crippen LogP contribution < -0.4 is 0 Å². The summed E-state index contributed by atoms with van der Waals surface area (Å²) < 4.78 is 19.0. The van der Waals surface area contributed by atoms with Crippen LogP contribution in [0.25, 0.3) is 10.4 Å². The van der Waals surface area contributed by atoms with Crippen LogP contribution in [0.15, 0.2) is 47.0 Å². The number of thiophene rings is 1. The van der Waals surface area contributed by atoms with Crippen LogP contribution in [0.1, 0.15) is 16.3 Å². The monoisotopic (exact) mass is 378 g/mol. The second kappa shape index (κ2) is 7.80. The third-order valence-electron chi connectivity index (χ3n) is 3.64. The summed E-state index contributed by atoms with van der Waals surface area (Å²) in [5, 5.41) is 3.92. The van der Waals surface area contributed by atoms with Crippen LogP contribution in [-0.4, -0.2) is 21.8 Å². The Morgan fingerprint density at radius 2 is 2.08 bits per heavy atom. The van der Waals surface area contributed by atoms with E-state index in [2.05, 4.69) is 5.16 Å². The number of amides is 1. The molecule has 0 saturated heterocycles. The summed E-state index contributed by atoms with van der Waals surface area (Å²) in [6.07, 6.45) is 0. The lowest BCUT2D eigenvalue weighted by Crippen LogP contribution is -2.30. The molecule has 0 radical (unpaired) electrons. The van der Waals surface area contributed by atoms with Crippen molar-refractivity contribution in [3.63, 3.8) is 0 Å². The molecule has 1 amide bonds. The summed E-state index contributed by atoms with van der Waals surface area (Å²) in [5.74, 6) is 0.125. The van der Waals surface area contributed by atoms with E-state index in [4.69, 9.17) is 16.1 Å². The SMILES string of the molecule is Cc1cc(CN(Cc2ccc(-c3ccccc3F)s2)C(=O)CCl)no1. The van der Waals surface area contributed by atoms with Crippen LogP contribution in [0.2, 0.25) is 0 Å². The largest absolute Gasteiger partial charge is 0.361 e. The van der Waals surface area contributed by atoms with E-state index in [1.54, 1.807) is 36.1 Å². The highest BCUT2D eigenvalue weighted by Crippen LogP contribution is 2.30. The molecule has 25 heavy (non-hydrogen) atoms. The minimum Gasteiger partial charge on any atom is -0.361 e. The zero-order valence-electron chi connectivity index (χ0n) is 13.5. The normalized spacial score (nSPS) is 10.8. The van der Waals surface area contributed by atoms with Crippen LogP contribution in [-0.2, 0) is 17.9 Å². The molecule has 0 aliphatic heterocycles. The number of carbonyl (C=O) groups excluding carboxylic acids is 1. The van der Waals surface area contributed by atoms with Gasteiger partial charge in [0.25, 0.3) is 0 Å². The van der Waals surface area contributed by atoms with Crippen LogP contribution in [0.5, 0.6) is 0 Å². The molecule has 0 atom stereocenters. The van der Waals surface area contributed by atoms with Crippen molar-refractivity contribution in [3.8, 4) is 10.4 Å². The predicted octanol–water partition coefficient (Wildman–Crippen LogP) is 4.62. The molecule has 4 nitrogen and oxygen atoms in total. The zero-order chi connectivity index (χ0) is 17.8. The summed E-state index contributed by atoms with van der Waals surface area (Å²) >= 11 is 7.18. The number of alkyl halides is 1. The average molecular weight is 379 g/mol. The zero-order valence-corrected chi connectivity index (χ0v) is 15.1. The van der Waals surface area contributed by atoms with E-state index in [1.807, 2.05) is 12.1 Å². The summed E-state index contributed by atoms with van der Waals surface area (Å²) in [6.45, 7) is 2.50. The number of carbonyl (C=O) groups is 1. The fourth-order valence-corrected chi connectivity index (χ4v) is 3.68. The van der Waals surface area contributed by atoms with Crippen LogP contribution >= 0.6 is 22.9 Å². The van der Waals surface area contributed by atoms with Crippen molar-refractivity contribution in [2.75, 3.05) is 5.88 Å². The van der Waals surface area contributed by atoms with Crippen molar-refractivity contribution in [2.24, 2.45) is 0 Å². The minimum absolute atomic E-state index is 0.109. The lowest BCUT2D eigenvalue weighted by atomic mass is 10.2. The first-order valence-electron chi connectivity index (χ1n) is 7.66. The van der Waals surface area contributed by atoms with Crippen LogP contribution in [0.3, 0.4) is 0 Å². The third-order valence-corrected chi connectivity index (χ3v) is 4.98.